The van der Waals surface area contributed by atoms with Gasteiger partial charge >= 0.3 is 6.09 Å². The fourth-order valence-electron chi connectivity index (χ4n) is 4.01. The van der Waals surface area contributed by atoms with Crippen molar-refractivity contribution in [3.05, 3.63) is 20.9 Å². The maximum atomic E-state index is 13.1. The first kappa shape index (κ1) is 21.3. The number of Topliss-reactive ketones (excluding diaryl/α,β-unsaturated/α-hetero) is 1. The van der Waals surface area contributed by atoms with Gasteiger partial charge in [0.25, 0.3) is 5.91 Å². The van der Waals surface area contributed by atoms with Crippen molar-refractivity contribution in [1.29, 1.82) is 0 Å². The van der Waals surface area contributed by atoms with Crippen LogP contribution in [0.25, 0.3) is 0 Å². The zero-order valence-electron chi connectivity index (χ0n) is 18.1. The number of thiophene rings is 1. The Bertz CT molecular complexity index is 846. The topological polar surface area (TPSA) is 84.5 Å². The molecule has 7 heteroatoms. The van der Waals surface area contributed by atoms with Gasteiger partial charge in [-0.25, -0.2) is 4.79 Å². The van der Waals surface area contributed by atoms with Gasteiger partial charge in [-0.3, -0.25) is 9.59 Å². The Morgan fingerprint density at radius 3 is 2.47 bits per heavy atom. The second kappa shape index (κ2) is 8.33. The maximum absolute atomic E-state index is 13.1. The van der Waals surface area contributed by atoms with Crippen molar-refractivity contribution >= 4 is 29.1 Å². The Morgan fingerprint density at radius 1 is 1.10 bits per heavy atom. The fraction of sp³-hybridized carbons (Fsp3) is 0.696. The van der Waals surface area contributed by atoms with Crippen LogP contribution in [0, 0.1) is 11.8 Å². The Labute approximate surface area is 182 Å². The Balaban J connectivity index is 1.57. The van der Waals surface area contributed by atoms with E-state index in [1.54, 1.807) is 0 Å². The highest BCUT2D eigenvalue weighted by atomic mass is 32.1. The summed E-state index contributed by atoms with van der Waals surface area (Å²) < 4.78 is 5.44. The molecule has 6 nitrogen and oxygen atoms in total. The van der Waals surface area contributed by atoms with E-state index in [1.807, 2.05) is 20.8 Å². The smallest absolute Gasteiger partial charge is 0.408 e. The van der Waals surface area contributed by atoms with Crippen molar-refractivity contribution in [2.24, 2.45) is 11.8 Å². The van der Waals surface area contributed by atoms with Crippen LogP contribution < -0.4 is 10.6 Å². The van der Waals surface area contributed by atoms with Crippen LogP contribution in [0.3, 0.4) is 0 Å². The summed E-state index contributed by atoms with van der Waals surface area (Å²) in [5.41, 5.74) is 1.15. The second-order valence-corrected chi connectivity index (χ2v) is 11.0. The highest BCUT2D eigenvalue weighted by molar-refractivity contribution is 7.12. The van der Waals surface area contributed by atoms with E-state index < -0.39 is 11.7 Å². The van der Waals surface area contributed by atoms with Crippen LogP contribution in [-0.2, 0) is 22.4 Å². The molecular formula is C23H32N2O4S. The molecule has 0 aliphatic heterocycles. The average Bonchev–Trinajstić information content (AvgIpc) is 3.55. The molecule has 1 unspecified atom stereocenters. The lowest BCUT2D eigenvalue weighted by Gasteiger charge is -2.26. The lowest BCUT2D eigenvalue weighted by atomic mass is 9.90. The maximum Gasteiger partial charge on any atom is 0.408 e. The Hall–Kier alpha value is -1.89. The summed E-state index contributed by atoms with van der Waals surface area (Å²) in [4.78, 5) is 39.9. The minimum absolute atomic E-state index is 0.0593. The lowest BCUT2D eigenvalue weighted by molar-refractivity contribution is -0.119. The number of carbonyl (C=O) groups is 3. The van der Waals surface area contributed by atoms with E-state index in [0.29, 0.717) is 24.4 Å². The predicted octanol–water partition coefficient (Wildman–Crippen LogP) is 4.31. The summed E-state index contributed by atoms with van der Waals surface area (Å²) in [5.74, 6) is 0.945. The third-order valence-electron chi connectivity index (χ3n) is 5.88. The van der Waals surface area contributed by atoms with Crippen molar-refractivity contribution in [3.63, 3.8) is 0 Å². The molecule has 4 rings (SSSR count). The number of hydrogen-bond acceptors (Lipinski definition) is 5. The molecule has 1 atom stereocenters. The quantitative estimate of drug-likeness (QED) is 0.672. The average molecular weight is 433 g/mol. The largest absolute Gasteiger partial charge is 0.444 e. The van der Waals surface area contributed by atoms with Crippen LogP contribution in [0.4, 0.5) is 4.79 Å². The molecule has 0 bridgehead atoms. The first-order valence-corrected chi connectivity index (χ1v) is 12.0. The second-order valence-electron chi connectivity index (χ2n) is 9.90. The van der Waals surface area contributed by atoms with Gasteiger partial charge in [0, 0.05) is 28.6 Å². The zero-order chi connectivity index (χ0) is 21.5. The highest BCUT2D eigenvalue weighted by Crippen LogP contribution is 2.41. The molecule has 2 saturated carbocycles. The molecule has 164 valence electrons. The summed E-state index contributed by atoms with van der Waals surface area (Å²) in [7, 11) is 0. The molecule has 0 spiro atoms. The van der Waals surface area contributed by atoms with Gasteiger partial charge in [0.1, 0.15) is 11.4 Å². The molecular weight excluding hydrogens is 400 g/mol. The molecule has 1 heterocycles. The Kier molecular flexibility index (Phi) is 5.93. The molecule has 2 N–H and O–H groups in total. The molecule has 2 fully saturated rings. The fourth-order valence-corrected chi connectivity index (χ4v) is 5.46. The summed E-state index contributed by atoms with van der Waals surface area (Å²) in [6.07, 6.45) is 6.69. The predicted molar refractivity (Wildman–Crippen MR) is 116 cm³/mol. The third-order valence-corrected chi connectivity index (χ3v) is 7.23. The van der Waals surface area contributed by atoms with Gasteiger partial charge in [0.2, 0.25) is 0 Å². The summed E-state index contributed by atoms with van der Waals surface area (Å²) in [6.45, 7) is 6.23. The van der Waals surface area contributed by atoms with Crippen LogP contribution in [0.15, 0.2) is 0 Å². The number of ketones is 1. The van der Waals surface area contributed by atoms with E-state index in [1.165, 1.54) is 24.2 Å². The number of hydrogen-bond donors (Lipinski definition) is 2. The van der Waals surface area contributed by atoms with Crippen LogP contribution in [0.2, 0.25) is 0 Å². The van der Waals surface area contributed by atoms with Crippen LogP contribution in [-0.4, -0.2) is 29.9 Å². The lowest BCUT2D eigenvalue weighted by Crippen LogP contribution is -2.36. The normalized spacial score (nSPS) is 21.0. The van der Waals surface area contributed by atoms with Crippen molar-refractivity contribution < 1.29 is 19.1 Å². The minimum Gasteiger partial charge on any atom is -0.444 e. The summed E-state index contributed by atoms with van der Waals surface area (Å²) in [6, 6.07) is -0.173. The van der Waals surface area contributed by atoms with Gasteiger partial charge in [-0.15, -0.1) is 11.3 Å². The number of carbonyl (C=O) groups excluding carboxylic acids is 3. The number of amides is 2. The van der Waals surface area contributed by atoms with Gasteiger partial charge in [0.15, 0.2) is 0 Å². The number of fused-ring (bicyclic) bond motifs is 1. The Morgan fingerprint density at radius 2 is 1.83 bits per heavy atom. The van der Waals surface area contributed by atoms with Crippen LogP contribution in [0.1, 0.15) is 91.0 Å². The van der Waals surface area contributed by atoms with Crippen molar-refractivity contribution in [3.8, 4) is 0 Å². The molecule has 3 aliphatic rings. The van der Waals surface area contributed by atoms with Gasteiger partial charge < -0.3 is 15.4 Å². The van der Waals surface area contributed by atoms with E-state index in [9.17, 15) is 14.4 Å². The standard InChI is InChI=1S/C23H32N2O4S/c1-23(2,3)29-22(28)25-16-6-4-5-15-19(21(27)24-12-13-7-8-13)18(30-20(15)16)11-17(26)14-9-10-14/h13-14,16H,4-12H2,1-3H3,(H,24,27)(H,25,28). The van der Waals surface area contributed by atoms with E-state index in [0.717, 1.165) is 47.4 Å². The third kappa shape index (κ3) is 5.23. The van der Waals surface area contributed by atoms with Gasteiger partial charge in [-0.05, 0) is 77.2 Å². The number of alkyl carbamates (subject to hydrolysis) is 1. The first-order chi connectivity index (χ1) is 14.2. The van der Waals surface area contributed by atoms with Crippen molar-refractivity contribution in [2.75, 3.05) is 6.54 Å². The van der Waals surface area contributed by atoms with Gasteiger partial charge in [-0.2, -0.15) is 0 Å². The molecule has 3 aliphatic carbocycles. The highest BCUT2D eigenvalue weighted by Gasteiger charge is 2.35. The van der Waals surface area contributed by atoms with Crippen LogP contribution in [0.5, 0.6) is 0 Å². The van der Waals surface area contributed by atoms with E-state index in [2.05, 4.69) is 10.6 Å². The van der Waals surface area contributed by atoms with E-state index in [-0.39, 0.29) is 23.7 Å². The molecule has 0 aromatic carbocycles. The van der Waals surface area contributed by atoms with Crippen LogP contribution >= 0.6 is 11.3 Å². The van der Waals surface area contributed by atoms with E-state index in [4.69, 9.17) is 4.74 Å². The van der Waals surface area contributed by atoms with Gasteiger partial charge in [0.05, 0.1) is 11.6 Å². The zero-order valence-corrected chi connectivity index (χ0v) is 19.0. The number of ether oxygens (including phenoxy) is 1. The molecule has 2 amide bonds. The summed E-state index contributed by atoms with van der Waals surface area (Å²) >= 11 is 1.53. The van der Waals surface area contributed by atoms with Crippen molar-refractivity contribution in [2.45, 2.75) is 83.8 Å². The van der Waals surface area contributed by atoms with Crippen molar-refractivity contribution in [1.82, 2.24) is 10.6 Å². The number of nitrogens with one attached hydrogen (secondary N) is 2. The summed E-state index contributed by atoms with van der Waals surface area (Å²) in [5, 5.41) is 6.08. The van der Waals surface area contributed by atoms with E-state index >= 15 is 0 Å². The van der Waals surface area contributed by atoms with Gasteiger partial charge in [-0.1, -0.05) is 0 Å². The molecule has 0 radical (unpaired) electrons. The SMILES string of the molecule is CC(C)(C)OC(=O)NC1CCCc2c1sc(CC(=O)C1CC1)c2C(=O)NCC1CC1. The molecule has 1 aromatic heterocycles. The molecule has 0 saturated heterocycles. The molecule has 30 heavy (non-hydrogen) atoms. The minimum atomic E-state index is -0.563. The first-order valence-electron chi connectivity index (χ1n) is 11.2. The molecule has 1 aromatic rings. The monoisotopic (exact) mass is 432 g/mol. The number of rotatable bonds is 7.